The van der Waals surface area contributed by atoms with E-state index in [1.165, 1.54) is 5.56 Å². The maximum absolute atomic E-state index is 12.5. The average Bonchev–Trinajstić information content (AvgIpc) is 2.78. The van der Waals surface area contributed by atoms with E-state index in [4.69, 9.17) is 9.47 Å². The number of rotatable bonds is 7. The third kappa shape index (κ3) is 6.29. The summed E-state index contributed by atoms with van der Waals surface area (Å²) in [6.45, 7) is 10.8. The molecule has 0 spiro atoms. The number of carbonyl (C=O) groups excluding carboxylic acids is 1. The zero-order valence-corrected chi connectivity index (χ0v) is 19.2. The van der Waals surface area contributed by atoms with Crippen molar-refractivity contribution < 1.29 is 14.3 Å². The molecule has 0 aliphatic carbocycles. The van der Waals surface area contributed by atoms with Gasteiger partial charge in [-0.2, -0.15) is 0 Å². The summed E-state index contributed by atoms with van der Waals surface area (Å²) < 4.78 is 11.3. The molecule has 0 saturated carbocycles. The first-order chi connectivity index (χ1) is 14.9. The number of anilines is 1. The highest BCUT2D eigenvalue weighted by molar-refractivity contribution is 5.74. The van der Waals surface area contributed by atoms with E-state index < -0.39 is 0 Å². The first-order valence-electron chi connectivity index (χ1n) is 11.0. The second-order valence-electron chi connectivity index (χ2n) is 8.85. The highest BCUT2D eigenvalue weighted by Gasteiger charge is 2.22. The Labute approximate surface area is 186 Å². The van der Waals surface area contributed by atoms with Gasteiger partial charge >= 0.3 is 6.03 Å². The predicted molar refractivity (Wildman–Crippen MR) is 125 cm³/mol. The van der Waals surface area contributed by atoms with Gasteiger partial charge in [-0.25, -0.2) is 4.79 Å². The van der Waals surface area contributed by atoms with E-state index in [1.54, 1.807) is 7.11 Å². The van der Waals surface area contributed by atoms with E-state index in [2.05, 4.69) is 49.2 Å². The van der Waals surface area contributed by atoms with E-state index in [0.29, 0.717) is 26.2 Å². The highest BCUT2D eigenvalue weighted by Crippen LogP contribution is 2.28. The summed E-state index contributed by atoms with van der Waals surface area (Å²) in [5, 5.41) is 3.01. The van der Waals surface area contributed by atoms with E-state index in [1.807, 2.05) is 35.2 Å². The number of hydrogen-bond acceptors (Lipinski definition) is 4. The molecule has 6 nitrogen and oxygen atoms in total. The van der Waals surface area contributed by atoms with E-state index in [9.17, 15) is 4.79 Å². The summed E-state index contributed by atoms with van der Waals surface area (Å²) in [5.74, 6) is 1.74. The van der Waals surface area contributed by atoms with Crippen LogP contribution in [0.25, 0.3) is 0 Å². The summed E-state index contributed by atoms with van der Waals surface area (Å²) in [6, 6.07) is 16.3. The molecule has 1 aliphatic rings. The van der Waals surface area contributed by atoms with Crippen LogP contribution in [0, 0.1) is 0 Å². The van der Waals surface area contributed by atoms with Gasteiger partial charge in [0.15, 0.2) is 0 Å². The Bertz CT molecular complexity index is 838. The Balaban J connectivity index is 1.34. The fraction of sp³-hybridized carbons (Fsp3) is 0.480. The van der Waals surface area contributed by atoms with Crippen molar-refractivity contribution in [3.05, 3.63) is 54.1 Å². The quantitative estimate of drug-likeness (QED) is 0.673. The van der Waals surface area contributed by atoms with Crippen molar-refractivity contribution >= 4 is 11.7 Å². The molecule has 1 saturated heterocycles. The van der Waals surface area contributed by atoms with Crippen molar-refractivity contribution in [2.24, 2.45) is 0 Å². The molecule has 3 rings (SSSR count). The minimum absolute atomic E-state index is 0.00536. The predicted octanol–water partition coefficient (Wildman–Crippen LogP) is 4.29. The molecular weight excluding hydrogens is 390 g/mol. The van der Waals surface area contributed by atoms with Crippen LogP contribution in [-0.4, -0.2) is 57.4 Å². The maximum atomic E-state index is 12.5. The lowest BCUT2D eigenvalue weighted by Gasteiger charge is -2.36. The molecule has 0 unspecified atom stereocenters. The van der Waals surface area contributed by atoms with E-state index >= 15 is 0 Å². The standard InChI is InChI=1S/C25H35N3O3/c1-25(2,3)20-10-12-21(13-11-20)31-19-7-14-26-24(29)28-17-15-27(16-18-28)22-8-5-6-9-23(22)30-4/h5-6,8-13H,7,14-19H2,1-4H3,(H,26,29). The number of benzene rings is 2. The summed E-state index contributed by atoms with van der Waals surface area (Å²) in [6.07, 6.45) is 0.772. The highest BCUT2D eigenvalue weighted by atomic mass is 16.5. The lowest BCUT2D eigenvalue weighted by Crippen LogP contribution is -2.52. The minimum atomic E-state index is -0.00536. The van der Waals surface area contributed by atoms with Crippen molar-refractivity contribution in [1.82, 2.24) is 10.2 Å². The second-order valence-corrected chi connectivity index (χ2v) is 8.85. The molecular formula is C25H35N3O3. The molecule has 0 bridgehead atoms. The Hall–Kier alpha value is -2.89. The van der Waals surface area contributed by atoms with Crippen LogP contribution in [0.15, 0.2) is 48.5 Å². The van der Waals surface area contributed by atoms with Crippen LogP contribution >= 0.6 is 0 Å². The monoisotopic (exact) mass is 425 g/mol. The van der Waals surface area contributed by atoms with Crippen LogP contribution in [0.4, 0.5) is 10.5 Å². The number of nitrogens with zero attached hydrogens (tertiary/aromatic N) is 2. The number of nitrogens with one attached hydrogen (secondary N) is 1. The molecule has 0 aromatic heterocycles. The molecule has 2 aromatic rings. The van der Waals surface area contributed by atoms with Crippen molar-refractivity contribution in [2.45, 2.75) is 32.6 Å². The topological polar surface area (TPSA) is 54.0 Å². The third-order valence-corrected chi connectivity index (χ3v) is 5.58. The van der Waals surface area contributed by atoms with Crippen LogP contribution < -0.4 is 19.7 Å². The Morgan fingerprint density at radius 3 is 2.32 bits per heavy atom. The van der Waals surface area contributed by atoms with Gasteiger partial charge in [0, 0.05) is 32.7 Å². The normalized spacial score (nSPS) is 14.3. The van der Waals surface area contributed by atoms with Crippen LogP contribution in [0.5, 0.6) is 11.5 Å². The number of methoxy groups -OCH3 is 1. The molecule has 0 radical (unpaired) electrons. The van der Waals surface area contributed by atoms with Gasteiger partial charge < -0.3 is 24.6 Å². The minimum Gasteiger partial charge on any atom is -0.495 e. The van der Waals surface area contributed by atoms with Gasteiger partial charge in [-0.15, -0.1) is 0 Å². The maximum Gasteiger partial charge on any atom is 0.317 e. The zero-order chi connectivity index (χ0) is 22.3. The molecule has 6 heteroatoms. The fourth-order valence-corrected chi connectivity index (χ4v) is 3.66. The third-order valence-electron chi connectivity index (χ3n) is 5.58. The van der Waals surface area contributed by atoms with Gasteiger partial charge in [-0.05, 0) is 41.7 Å². The largest absolute Gasteiger partial charge is 0.495 e. The fourth-order valence-electron chi connectivity index (χ4n) is 3.66. The molecule has 2 amide bonds. The number of urea groups is 1. The first-order valence-corrected chi connectivity index (χ1v) is 11.0. The summed E-state index contributed by atoms with van der Waals surface area (Å²) in [5.41, 5.74) is 2.51. The van der Waals surface area contributed by atoms with Crippen molar-refractivity contribution in [1.29, 1.82) is 0 Å². The van der Waals surface area contributed by atoms with Crippen LogP contribution in [0.3, 0.4) is 0 Å². The van der Waals surface area contributed by atoms with Gasteiger partial charge in [0.05, 0.1) is 19.4 Å². The number of amides is 2. The number of para-hydroxylation sites is 2. The average molecular weight is 426 g/mol. The van der Waals surface area contributed by atoms with E-state index in [-0.39, 0.29) is 11.4 Å². The molecule has 1 fully saturated rings. The number of hydrogen-bond donors (Lipinski definition) is 1. The summed E-state index contributed by atoms with van der Waals surface area (Å²) in [4.78, 5) is 16.6. The van der Waals surface area contributed by atoms with Crippen molar-refractivity contribution in [3.8, 4) is 11.5 Å². The van der Waals surface area contributed by atoms with Crippen molar-refractivity contribution in [2.75, 3.05) is 51.3 Å². The van der Waals surface area contributed by atoms with Gasteiger partial charge in [-0.1, -0.05) is 45.0 Å². The van der Waals surface area contributed by atoms with Gasteiger partial charge in [0.1, 0.15) is 11.5 Å². The lowest BCUT2D eigenvalue weighted by molar-refractivity contribution is 0.193. The van der Waals surface area contributed by atoms with Crippen LogP contribution in [0.1, 0.15) is 32.8 Å². The van der Waals surface area contributed by atoms with E-state index in [0.717, 1.165) is 36.7 Å². The van der Waals surface area contributed by atoms with Crippen LogP contribution in [-0.2, 0) is 5.41 Å². The lowest BCUT2D eigenvalue weighted by atomic mass is 9.87. The van der Waals surface area contributed by atoms with Gasteiger partial charge in [-0.3, -0.25) is 0 Å². The van der Waals surface area contributed by atoms with Crippen molar-refractivity contribution in [3.63, 3.8) is 0 Å². The Morgan fingerprint density at radius 2 is 1.68 bits per heavy atom. The molecule has 168 valence electrons. The molecule has 31 heavy (non-hydrogen) atoms. The smallest absolute Gasteiger partial charge is 0.317 e. The van der Waals surface area contributed by atoms with Gasteiger partial charge in [0.2, 0.25) is 0 Å². The van der Waals surface area contributed by atoms with Crippen LogP contribution in [0.2, 0.25) is 0 Å². The number of piperazine rings is 1. The molecule has 1 aliphatic heterocycles. The molecule has 0 atom stereocenters. The Morgan fingerprint density at radius 1 is 1.00 bits per heavy atom. The second kappa shape index (κ2) is 10.4. The molecule has 1 N–H and O–H groups in total. The number of ether oxygens (including phenoxy) is 2. The Kier molecular flexibility index (Phi) is 7.66. The summed E-state index contributed by atoms with van der Waals surface area (Å²) in [7, 11) is 1.69. The first kappa shape index (κ1) is 22.8. The van der Waals surface area contributed by atoms with Gasteiger partial charge in [0.25, 0.3) is 0 Å². The molecule has 1 heterocycles. The number of carbonyl (C=O) groups is 1. The zero-order valence-electron chi connectivity index (χ0n) is 19.2. The molecule has 2 aromatic carbocycles. The SMILES string of the molecule is COc1ccccc1N1CCN(C(=O)NCCCOc2ccc(C(C)(C)C)cc2)CC1. The summed E-state index contributed by atoms with van der Waals surface area (Å²) >= 11 is 0.